The Balaban J connectivity index is 0.788. The highest BCUT2D eigenvalue weighted by Gasteiger charge is 2.51. The molecule has 19 heteroatoms. The van der Waals surface area contributed by atoms with Crippen molar-refractivity contribution in [3.8, 4) is 5.75 Å². The fraction of sp³-hybridized carbons (Fsp3) is 0.500. The lowest BCUT2D eigenvalue weighted by Gasteiger charge is -2.43. The molecule has 5 aromatic rings. The summed E-state index contributed by atoms with van der Waals surface area (Å²) >= 11 is 6.57. The minimum atomic E-state index is -3.21. The van der Waals surface area contributed by atoms with E-state index in [9.17, 15) is 14.4 Å². The van der Waals surface area contributed by atoms with Gasteiger partial charge >= 0.3 is 5.92 Å². The van der Waals surface area contributed by atoms with E-state index in [-0.39, 0.29) is 51.2 Å². The van der Waals surface area contributed by atoms with E-state index < -0.39 is 29.9 Å². The number of halogens is 4. The second-order valence-electron chi connectivity index (χ2n) is 17.8. The molecule has 15 nitrogen and oxygen atoms in total. The molecule has 2 aromatic carbocycles. The molecule has 63 heavy (non-hydrogen) atoms. The van der Waals surface area contributed by atoms with Gasteiger partial charge in [-0.25, -0.2) is 23.1 Å². The van der Waals surface area contributed by atoms with Crippen LogP contribution in [0.25, 0.3) is 21.8 Å². The third-order valence-corrected chi connectivity index (χ3v) is 13.8. The maximum Gasteiger partial charge on any atom is 0.301 e. The molecule has 4 fully saturated rings. The lowest BCUT2D eigenvalue weighted by molar-refractivity contribution is -0.129. The first-order valence-corrected chi connectivity index (χ1v) is 22.1. The molecular weight excluding hydrogens is 839 g/mol. The molecule has 10 rings (SSSR count). The molecule has 5 aliphatic rings. The van der Waals surface area contributed by atoms with Gasteiger partial charge in [-0.1, -0.05) is 11.6 Å². The van der Waals surface area contributed by atoms with Crippen LogP contribution in [0, 0.1) is 17.7 Å². The zero-order valence-corrected chi connectivity index (χ0v) is 36.1. The first-order valence-electron chi connectivity index (χ1n) is 21.7. The molecule has 0 spiro atoms. The number of aryl methyl sites for hydroxylation is 2. The van der Waals surface area contributed by atoms with Gasteiger partial charge in [0.25, 0.3) is 5.56 Å². The van der Waals surface area contributed by atoms with Crippen molar-refractivity contribution in [1.82, 2.24) is 29.2 Å². The normalized spacial score (nSPS) is 22.3. The van der Waals surface area contributed by atoms with Crippen molar-refractivity contribution in [3.63, 3.8) is 0 Å². The SMILES string of the molecule is C[C@@H]1CN(c2ccc3c(N4C(=O)CCCC4=O)nn(C)c3c2)CCN1CC1CCN(c2ncc(Cl)c(Nc3cc4c5c(c(=O)n(C)c4cc3F)OCC(F)(F)[C@H](C3CC3)N5)n2)CC1. The summed E-state index contributed by atoms with van der Waals surface area (Å²) in [4.78, 5) is 56.1. The van der Waals surface area contributed by atoms with Crippen molar-refractivity contribution < 1.29 is 27.5 Å². The van der Waals surface area contributed by atoms with Crippen LogP contribution in [0.4, 0.5) is 47.8 Å². The average Bonchev–Trinajstić information content (AvgIpc) is 4.07. The third kappa shape index (κ3) is 7.57. The van der Waals surface area contributed by atoms with Gasteiger partial charge in [-0.05, 0) is 75.1 Å². The molecular formula is C44H49ClF3N11O4. The number of nitrogens with zero attached hydrogens (tertiary/aromatic N) is 9. The van der Waals surface area contributed by atoms with Crippen molar-refractivity contribution in [1.29, 1.82) is 0 Å². The number of pyridine rings is 1. The first-order chi connectivity index (χ1) is 30.2. The molecule has 0 bridgehead atoms. The molecule has 1 saturated carbocycles. The van der Waals surface area contributed by atoms with Gasteiger partial charge in [0.2, 0.25) is 23.5 Å². The van der Waals surface area contributed by atoms with E-state index in [1.54, 1.807) is 4.68 Å². The molecule has 0 unspecified atom stereocenters. The topological polar surface area (TPSA) is 146 Å². The maximum absolute atomic E-state index is 15.8. The summed E-state index contributed by atoms with van der Waals surface area (Å²) in [6, 6.07) is 7.88. The van der Waals surface area contributed by atoms with Gasteiger partial charge in [-0.15, -0.1) is 0 Å². The minimum absolute atomic E-state index is 0.00138. The maximum atomic E-state index is 15.8. The van der Waals surface area contributed by atoms with E-state index in [0.29, 0.717) is 61.2 Å². The van der Waals surface area contributed by atoms with Crippen molar-refractivity contribution in [2.45, 2.75) is 69.9 Å². The van der Waals surface area contributed by atoms with E-state index in [2.05, 4.69) is 54.5 Å². The standard InChI is InChI=1S/C44H49ClF3N11O4/c1-24-21-58(27-9-10-28-34(17-27)55(3)53-41(28)59-35(60)5-4-6-36(59)61)16-15-57(24)22-25-11-13-56(14-12-25)43-49-20-30(45)40(52-43)50-32-18-29-33(19-31(32)46)54(2)42(62)38-37(29)51-39(26-7-8-26)44(47,48)23-63-38/h9-10,17-20,24-26,39,51H,4-8,11-16,21-23H2,1-3H3,(H,49,50,52)/t24-,39+/m1/s1. The second kappa shape index (κ2) is 15.9. The van der Waals surface area contributed by atoms with E-state index >= 15 is 13.2 Å². The fourth-order valence-electron chi connectivity index (χ4n) is 9.77. The Labute approximate surface area is 366 Å². The number of alkyl halides is 2. The molecule has 2 atom stereocenters. The summed E-state index contributed by atoms with van der Waals surface area (Å²) < 4.78 is 54.6. The molecule has 3 saturated heterocycles. The highest BCUT2D eigenvalue weighted by Crippen LogP contribution is 2.46. The number of benzene rings is 2. The second-order valence-corrected chi connectivity index (χ2v) is 18.2. The van der Waals surface area contributed by atoms with Crippen molar-refractivity contribution in [2.24, 2.45) is 25.9 Å². The largest absolute Gasteiger partial charge is 0.480 e. The summed E-state index contributed by atoms with van der Waals surface area (Å²) in [7, 11) is 3.30. The minimum Gasteiger partial charge on any atom is -0.480 e. The van der Waals surface area contributed by atoms with Gasteiger partial charge in [0, 0.05) is 94.8 Å². The number of fused-ring (bicyclic) bond motifs is 4. The Bertz CT molecular complexity index is 2700. The lowest BCUT2D eigenvalue weighted by Crippen LogP contribution is -2.53. The van der Waals surface area contributed by atoms with Crippen LogP contribution in [-0.2, 0) is 23.7 Å². The Morgan fingerprint density at radius 3 is 2.44 bits per heavy atom. The number of hydrogen-bond donors (Lipinski definition) is 2. The van der Waals surface area contributed by atoms with E-state index in [0.717, 1.165) is 68.7 Å². The quantitative estimate of drug-likeness (QED) is 0.166. The number of aromatic nitrogens is 5. The number of amides is 2. The molecule has 2 N–H and O–H groups in total. The zero-order valence-electron chi connectivity index (χ0n) is 35.3. The van der Waals surface area contributed by atoms with Gasteiger partial charge in [0.05, 0.1) is 34.6 Å². The number of nitrogens with one attached hydrogen (secondary N) is 2. The summed E-state index contributed by atoms with van der Waals surface area (Å²) in [5.41, 5.74) is 1.65. The van der Waals surface area contributed by atoms with Crippen LogP contribution in [0.5, 0.6) is 5.75 Å². The first kappa shape index (κ1) is 41.4. The summed E-state index contributed by atoms with van der Waals surface area (Å²) in [6.45, 7) is 6.36. The van der Waals surface area contributed by atoms with Crippen molar-refractivity contribution in [3.05, 3.63) is 57.7 Å². The number of rotatable bonds is 8. The monoisotopic (exact) mass is 887 g/mol. The number of ether oxygens (including phenoxy) is 1. The summed E-state index contributed by atoms with van der Waals surface area (Å²) in [5, 5.41) is 11.8. The average molecular weight is 888 g/mol. The van der Waals surface area contributed by atoms with Gasteiger partial charge < -0.3 is 29.7 Å². The molecule has 0 radical (unpaired) electrons. The smallest absolute Gasteiger partial charge is 0.301 e. The molecule has 3 aromatic heterocycles. The number of carbonyl (C=O) groups is 2. The predicted molar refractivity (Wildman–Crippen MR) is 235 cm³/mol. The number of carbonyl (C=O) groups excluding carboxylic acids is 2. The van der Waals surface area contributed by atoms with Crippen LogP contribution in [-0.4, -0.2) is 105 Å². The highest BCUT2D eigenvalue weighted by molar-refractivity contribution is 6.33. The Morgan fingerprint density at radius 2 is 1.71 bits per heavy atom. The molecule has 2 amide bonds. The van der Waals surface area contributed by atoms with Gasteiger partial charge in [-0.2, -0.15) is 10.1 Å². The molecule has 332 valence electrons. The van der Waals surface area contributed by atoms with Gasteiger partial charge in [0.1, 0.15) is 10.8 Å². The summed E-state index contributed by atoms with van der Waals surface area (Å²) in [5.74, 6) is -3.26. The number of piperazine rings is 1. The van der Waals surface area contributed by atoms with Gasteiger partial charge in [-0.3, -0.25) is 24.0 Å². The van der Waals surface area contributed by atoms with Crippen molar-refractivity contribution in [2.75, 3.05) is 71.2 Å². The van der Waals surface area contributed by atoms with E-state index in [1.165, 1.54) is 34.8 Å². The number of hydrogen-bond acceptors (Lipinski definition) is 12. The van der Waals surface area contributed by atoms with E-state index in [4.69, 9.17) is 21.3 Å². The molecule has 7 heterocycles. The Hall–Kier alpha value is -5.62. The molecule has 1 aliphatic carbocycles. The number of imide groups is 1. The predicted octanol–water partition coefficient (Wildman–Crippen LogP) is 6.44. The summed E-state index contributed by atoms with van der Waals surface area (Å²) in [6.07, 6.45) is 5.89. The van der Waals surface area contributed by atoms with Crippen molar-refractivity contribution >= 4 is 79.9 Å². The van der Waals surface area contributed by atoms with Crippen LogP contribution < -0.4 is 35.6 Å². The fourth-order valence-corrected chi connectivity index (χ4v) is 9.91. The van der Waals surface area contributed by atoms with Crippen LogP contribution in [0.3, 0.4) is 0 Å². The van der Waals surface area contributed by atoms with Gasteiger partial charge in [0.15, 0.2) is 18.2 Å². The van der Waals surface area contributed by atoms with Crippen LogP contribution in [0.15, 0.2) is 41.3 Å². The van der Waals surface area contributed by atoms with Crippen LogP contribution >= 0.6 is 11.6 Å². The van der Waals surface area contributed by atoms with Crippen LogP contribution in [0.2, 0.25) is 5.02 Å². The number of piperidine rings is 2. The number of anilines is 6. The van der Waals surface area contributed by atoms with Crippen LogP contribution in [0.1, 0.15) is 51.9 Å². The zero-order chi connectivity index (χ0) is 43.9. The Kier molecular flexibility index (Phi) is 10.4. The highest BCUT2D eigenvalue weighted by atomic mass is 35.5. The molecule has 4 aliphatic heterocycles. The Morgan fingerprint density at radius 1 is 0.952 bits per heavy atom. The van der Waals surface area contributed by atoms with E-state index in [1.807, 2.05) is 13.1 Å². The third-order valence-electron chi connectivity index (χ3n) is 13.5. The lowest BCUT2D eigenvalue weighted by atomic mass is 9.95.